The Hall–Kier alpha value is -3.12. The van der Waals surface area contributed by atoms with Gasteiger partial charge in [-0.2, -0.15) is 0 Å². The van der Waals surface area contributed by atoms with Crippen LogP contribution in [-0.4, -0.2) is 33.3 Å². The van der Waals surface area contributed by atoms with Crippen molar-refractivity contribution < 1.29 is 4.74 Å². The Morgan fingerprint density at radius 2 is 1.80 bits per heavy atom. The second-order valence-corrected chi connectivity index (χ2v) is 7.95. The van der Waals surface area contributed by atoms with Gasteiger partial charge in [-0.1, -0.05) is 54.7 Å². The van der Waals surface area contributed by atoms with E-state index in [4.69, 9.17) is 22.1 Å². The van der Waals surface area contributed by atoms with E-state index in [1.807, 2.05) is 25.2 Å². The lowest BCUT2D eigenvalue weighted by atomic mass is 9.98. The van der Waals surface area contributed by atoms with Gasteiger partial charge in [0.1, 0.15) is 22.1 Å². The molecule has 5 rings (SSSR count). The molecule has 2 aromatic carbocycles. The fraction of sp³-hybridized carbons (Fsp3) is 0.250. The van der Waals surface area contributed by atoms with Gasteiger partial charge in [-0.15, -0.1) is 5.10 Å². The summed E-state index contributed by atoms with van der Waals surface area (Å²) in [5.74, 6) is 1.84. The predicted molar refractivity (Wildman–Crippen MR) is 124 cm³/mol. The third-order valence-corrected chi connectivity index (χ3v) is 6.24. The van der Waals surface area contributed by atoms with Crippen molar-refractivity contribution in [1.82, 2.24) is 19.5 Å². The van der Waals surface area contributed by atoms with E-state index >= 15 is 0 Å². The quantitative estimate of drug-likeness (QED) is 0.490. The summed E-state index contributed by atoms with van der Waals surface area (Å²) in [6.07, 6.45) is 3.29. The zero-order valence-electron chi connectivity index (χ0n) is 17.2. The number of benzene rings is 2. The van der Waals surface area contributed by atoms with Crippen molar-refractivity contribution in [2.45, 2.75) is 25.8 Å². The molecule has 30 heavy (non-hydrogen) atoms. The molecule has 2 aromatic heterocycles. The van der Waals surface area contributed by atoms with E-state index in [0.717, 1.165) is 59.8 Å². The first-order valence-electron chi connectivity index (χ1n) is 10.3. The largest absolute Gasteiger partial charge is 0.497 e. The van der Waals surface area contributed by atoms with Gasteiger partial charge in [0.2, 0.25) is 0 Å². The van der Waals surface area contributed by atoms with Crippen molar-refractivity contribution in [2.75, 3.05) is 14.2 Å². The maximum Gasteiger partial charge on any atom is 0.162 e. The van der Waals surface area contributed by atoms with E-state index in [-0.39, 0.29) is 0 Å². The Balaban J connectivity index is 1.83. The SMILES string of the molecule is CNC(=S)c1c(-c2ccc(OC)cc2)c2c3n(c(-c4ccccc4)nn13)CCCC2. The average molecular weight is 417 g/mol. The number of thiocarbonyl (C=S) groups is 1. The van der Waals surface area contributed by atoms with Crippen LogP contribution in [0.25, 0.3) is 28.2 Å². The van der Waals surface area contributed by atoms with Crippen LogP contribution in [0.2, 0.25) is 0 Å². The maximum absolute atomic E-state index is 5.76. The molecule has 0 saturated heterocycles. The molecule has 152 valence electrons. The number of hydrogen-bond donors (Lipinski definition) is 1. The number of methoxy groups -OCH3 is 1. The van der Waals surface area contributed by atoms with E-state index in [1.54, 1.807) is 7.11 Å². The van der Waals surface area contributed by atoms with E-state index in [0.29, 0.717) is 4.99 Å². The molecule has 0 spiro atoms. The van der Waals surface area contributed by atoms with Crippen molar-refractivity contribution >= 4 is 22.9 Å². The van der Waals surface area contributed by atoms with Crippen molar-refractivity contribution in [3.05, 3.63) is 65.9 Å². The minimum Gasteiger partial charge on any atom is -0.497 e. The third-order valence-electron chi connectivity index (χ3n) is 5.84. The summed E-state index contributed by atoms with van der Waals surface area (Å²) in [6, 6.07) is 18.6. The predicted octanol–water partition coefficient (Wildman–Crippen LogP) is 4.71. The molecular weight excluding hydrogens is 392 g/mol. The lowest BCUT2D eigenvalue weighted by Gasteiger charge is -2.10. The number of aryl methyl sites for hydroxylation is 2. The molecule has 4 aromatic rings. The lowest BCUT2D eigenvalue weighted by Crippen LogP contribution is -2.19. The second-order valence-electron chi connectivity index (χ2n) is 7.54. The molecular formula is C24H24N4OS. The van der Waals surface area contributed by atoms with E-state index < -0.39 is 0 Å². The number of ether oxygens (including phenoxy) is 1. The molecule has 5 nitrogen and oxygen atoms in total. The second kappa shape index (κ2) is 7.61. The number of rotatable bonds is 4. The van der Waals surface area contributed by atoms with Crippen molar-refractivity contribution in [1.29, 1.82) is 0 Å². The number of nitrogens with zero attached hydrogens (tertiary/aromatic N) is 3. The highest BCUT2D eigenvalue weighted by Crippen LogP contribution is 2.38. The van der Waals surface area contributed by atoms with Gasteiger partial charge in [0.15, 0.2) is 5.82 Å². The summed E-state index contributed by atoms with van der Waals surface area (Å²) in [5.41, 5.74) is 6.87. The van der Waals surface area contributed by atoms with E-state index in [1.165, 1.54) is 11.1 Å². The van der Waals surface area contributed by atoms with Gasteiger partial charge in [0.05, 0.1) is 7.11 Å². The summed E-state index contributed by atoms with van der Waals surface area (Å²) < 4.78 is 9.78. The van der Waals surface area contributed by atoms with E-state index in [9.17, 15) is 0 Å². The molecule has 1 aliphatic rings. The number of nitrogens with one attached hydrogen (secondary N) is 1. The van der Waals surface area contributed by atoms with Gasteiger partial charge in [-0.05, 0) is 37.0 Å². The van der Waals surface area contributed by atoms with Crippen molar-refractivity contribution in [3.8, 4) is 28.3 Å². The highest BCUT2D eigenvalue weighted by Gasteiger charge is 2.29. The first-order valence-corrected chi connectivity index (χ1v) is 10.7. The van der Waals surface area contributed by atoms with Crippen molar-refractivity contribution in [3.63, 3.8) is 0 Å². The van der Waals surface area contributed by atoms with Crippen LogP contribution in [0.3, 0.4) is 0 Å². The smallest absolute Gasteiger partial charge is 0.162 e. The van der Waals surface area contributed by atoms with Gasteiger partial charge >= 0.3 is 0 Å². The molecule has 0 amide bonds. The van der Waals surface area contributed by atoms with Gasteiger partial charge in [-0.3, -0.25) is 0 Å². The Bertz CT molecular complexity index is 1220. The molecule has 0 unspecified atom stereocenters. The topological polar surface area (TPSA) is 43.5 Å². The lowest BCUT2D eigenvalue weighted by molar-refractivity contribution is 0.415. The summed E-state index contributed by atoms with van der Waals surface area (Å²) in [6.45, 7) is 0.957. The fourth-order valence-corrected chi connectivity index (χ4v) is 4.62. The fourth-order valence-electron chi connectivity index (χ4n) is 4.44. The van der Waals surface area contributed by atoms with Crippen LogP contribution in [-0.2, 0) is 13.0 Å². The van der Waals surface area contributed by atoms with Crippen LogP contribution in [0.15, 0.2) is 54.6 Å². The summed E-state index contributed by atoms with van der Waals surface area (Å²) in [4.78, 5) is 0.701. The Morgan fingerprint density at radius 1 is 1.03 bits per heavy atom. The first-order chi connectivity index (χ1) is 14.7. The highest BCUT2D eigenvalue weighted by molar-refractivity contribution is 7.80. The van der Waals surface area contributed by atoms with Crippen LogP contribution in [0.4, 0.5) is 0 Å². The molecule has 0 atom stereocenters. The summed E-state index contributed by atoms with van der Waals surface area (Å²) in [7, 11) is 3.56. The first kappa shape index (κ1) is 18.9. The summed E-state index contributed by atoms with van der Waals surface area (Å²) >= 11 is 5.76. The minimum absolute atomic E-state index is 0.701. The Morgan fingerprint density at radius 3 is 2.50 bits per heavy atom. The van der Waals surface area contributed by atoms with Gasteiger partial charge in [-0.25, -0.2) is 4.52 Å². The van der Waals surface area contributed by atoms with Crippen LogP contribution >= 0.6 is 12.2 Å². The normalized spacial score (nSPS) is 13.3. The molecule has 3 heterocycles. The standard InChI is InChI=1S/C24H24N4OS/c1-25-23(30)21-20(16-11-13-18(29-2)14-12-16)19-10-6-7-15-27-22(26-28(21)24(19)27)17-8-4-3-5-9-17/h3-5,8-9,11-14H,6-7,10,15H2,1-2H3,(H,25,30). The van der Waals surface area contributed by atoms with Gasteiger partial charge in [0.25, 0.3) is 0 Å². The van der Waals surface area contributed by atoms with Crippen molar-refractivity contribution in [2.24, 2.45) is 0 Å². The van der Waals surface area contributed by atoms with Gasteiger partial charge < -0.3 is 14.6 Å². The van der Waals surface area contributed by atoms with Crippen LogP contribution in [0.1, 0.15) is 24.1 Å². The maximum atomic E-state index is 5.76. The molecule has 0 radical (unpaired) electrons. The molecule has 0 fully saturated rings. The molecule has 1 aliphatic heterocycles. The highest BCUT2D eigenvalue weighted by atomic mass is 32.1. The zero-order valence-corrected chi connectivity index (χ0v) is 18.0. The number of hydrogen-bond acceptors (Lipinski definition) is 3. The van der Waals surface area contributed by atoms with E-state index in [2.05, 4.69) is 50.8 Å². The minimum atomic E-state index is 0.701. The molecule has 0 bridgehead atoms. The summed E-state index contributed by atoms with van der Waals surface area (Å²) in [5, 5.41) is 8.26. The molecule has 6 heteroatoms. The number of aromatic nitrogens is 3. The Labute approximate surface area is 181 Å². The van der Waals surface area contributed by atoms with Crippen LogP contribution < -0.4 is 10.1 Å². The average Bonchev–Trinajstić information content (AvgIpc) is 3.22. The van der Waals surface area contributed by atoms with Gasteiger partial charge in [0, 0.05) is 30.3 Å². The zero-order chi connectivity index (χ0) is 20.7. The monoisotopic (exact) mass is 416 g/mol. The van der Waals surface area contributed by atoms with Crippen LogP contribution in [0, 0.1) is 0 Å². The third kappa shape index (κ3) is 2.91. The Kier molecular flexibility index (Phi) is 4.79. The molecule has 0 saturated carbocycles. The molecule has 0 aliphatic carbocycles. The molecule has 1 N–H and O–H groups in total. The van der Waals surface area contributed by atoms with Crippen LogP contribution in [0.5, 0.6) is 5.75 Å².